The normalized spacial score (nSPS) is 32.8. The van der Waals surface area contributed by atoms with Crippen molar-refractivity contribution >= 4 is 0 Å². The van der Waals surface area contributed by atoms with Crippen LogP contribution in [0.25, 0.3) is 0 Å². The molecule has 3 nitrogen and oxygen atoms in total. The van der Waals surface area contributed by atoms with Gasteiger partial charge < -0.3 is 14.8 Å². The predicted molar refractivity (Wildman–Crippen MR) is 64.6 cm³/mol. The molecule has 0 spiro atoms. The monoisotopic (exact) mass is 227 g/mol. The summed E-state index contributed by atoms with van der Waals surface area (Å²) in [6, 6.07) is 0.550. The Balaban J connectivity index is 1.57. The fourth-order valence-corrected chi connectivity index (χ4v) is 2.61. The van der Waals surface area contributed by atoms with E-state index in [2.05, 4.69) is 12.2 Å². The molecule has 2 aliphatic rings. The van der Waals surface area contributed by atoms with Gasteiger partial charge in [-0.2, -0.15) is 0 Å². The van der Waals surface area contributed by atoms with Crippen molar-refractivity contribution in [3.8, 4) is 0 Å². The lowest BCUT2D eigenvalue weighted by molar-refractivity contribution is 0.0141. The van der Waals surface area contributed by atoms with Crippen molar-refractivity contribution in [2.24, 2.45) is 0 Å². The maximum absolute atomic E-state index is 5.70. The summed E-state index contributed by atoms with van der Waals surface area (Å²) in [7, 11) is 0. The second-order valence-electron chi connectivity index (χ2n) is 5.17. The van der Waals surface area contributed by atoms with Gasteiger partial charge in [0.05, 0.1) is 12.2 Å². The molecule has 0 aromatic carbocycles. The number of hydrogen-bond acceptors (Lipinski definition) is 3. The van der Waals surface area contributed by atoms with Gasteiger partial charge in [-0.25, -0.2) is 0 Å². The lowest BCUT2D eigenvalue weighted by atomic mass is 10.1. The smallest absolute Gasteiger partial charge is 0.0699 e. The maximum Gasteiger partial charge on any atom is 0.0699 e. The van der Waals surface area contributed by atoms with Gasteiger partial charge in [0.1, 0.15) is 0 Å². The lowest BCUT2D eigenvalue weighted by Gasteiger charge is -2.25. The highest BCUT2D eigenvalue weighted by atomic mass is 16.5. The van der Waals surface area contributed by atoms with Gasteiger partial charge in [0.25, 0.3) is 0 Å². The van der Waals surface area contributed by atoms with E-state index < -0.39 is 0 Å². The third kappa shape index (κ3) is 4.04. The van der Waals surface area contributed by atoms with Crippen LogP contribution in [0.4, 0.5) is 0 Å². The summed E-state index contributed by atoms with van der Waals surface area (Å²) < 4.78 is 11.3. The number of ether oxygens (including phenoxy) is 2. The van der Waals surface area contributed by atoms with Crippen LogP contribution in [0.3, 0.4) is 0 Å². The van der Waals surface area contributed by atoms with E-state index in [0.29, 0.717) is 18.2 Å². The highest BCUT2D eigenvalue weighted by Gasteiger charge is 2.19. The van der Waals surface area contributed by atoms with E-state index in [4.69, 9.17) is 9.47 Å². The van der Waals surface area contributed by atoms with Gasteiger partial charge in [-0.15, -0.1) is 0 Å². The summed E-state index contributed by atoms with van der Waals surface area (Å²) in [5.74, 6) is 0. The molecule has 0 saturated carbocycles. The van der Waals surface area contributed by atoms with Crippen LogP contribution in [-0.2, 0) is 9.47 Å². The molecule has 2 aliphatic heterocycles. The minimum Gasteiger partial charge on any atom is -0.378 e. The number of hydrogen-bond donors (Lipinski definition) is 1. The quantitative estimate of drug-likeness (QED) is 0.780. The van der Waals surface area contributed by atoms with E-state index in [9.17, 15) is 0 Å². The summed E-state index contributed by atoms with van der Waals surface area (Å²) in [5, 5.41) is 3.57. The van der Waals surface area contributed by atoms with E-state index in [1.807, 2.05) is 0 Å². The average Bonchev–Trinajstić information content (AvgIpc) is 2.81. The summed E-state index contributed by atoms with van der Waals surface area (Å²) >= 11 is 0. The molecular weight excluding hydrogens is 202 g/mol. The van der Waals surface area contributed by atoms with Crippen molar-refractivity contribution in [2.45, 2.75) is 63.7 Å². The van der Waals surface area contributed by atoms with Crippen LogP contribution in [0.15, 0.2) is 0 Å². The molecule has 2 saturated heterocycles. The highest BCUT2D eigenvalue weighted by molar-refractivity contribution is 4.74. The molecule has 1 N–H and O–H groups in total. The summed E-state index contributed by atoms with van der Waals surface area (Å²) in [5.41, 5.74) is 0. The SMILES string of the molecule is CC(CC1CCCO1)NCC1CCCCO1. The van der Waals surface area contributed by atoms with Crippen LogP contribution in [0, 0.1) is 0 Å². The molecule has 3 heteroatoms. The zero-order valence-corrected chi connectivity index (χ0v) is 10.4. The van der Waals surface area contributed by atoms with Crippen LogP contribution in [0.2, 0.25) is 0 Å². The molecule has 0 amide bonds. The van der Waals surface area contributed by atoms with Crippen LogP contribution in [-0.4, -0.2) is 38.0 Å². The third-order valence-electron chi connectivity index (χ3n) is 3.61. The first kappa shape index (κ1) is 12.3. The van der Waals surface area contributed by atoms with Crippen LogP contribution in [0.5, 0.6) is 0 Å². The van der Waals surface area contributed by atoms with Gasteiger partial charge >= 0.3 is 0 Å². The van der Waals surface area contributed by atoms with Crippen molar-refractivity contribution in [1.82, 2.24) is 5.32 Å². The summed E-state index contributed by atoms with van der Waals surface area (Å²) in [4.78, 5) is 0. The molecule has 0 radical (unpaired) electrons. The molecule has 3 atom stereocenters. The molecule has 0 aromatic heterocycles. The molecule has 94 valence electrons. The van der Waals surface area contributed by atoms with Gasteiger partial charge in [-0.3, -0.25) is 0 Å². The average molecular weight is 227 g/mol. The van der Waals surface area contributed by atoms with E-state index >= 15 is 0 Å². The fourth-order valence-electron chi connectivity index (χ4n) is 2.61. The standard InChI is InChI=1S/C13H25NO2/c1-11(9-12-6-4-8-15-12)14-10-13-5-2-3-7-16-13/h11-14H,2-10H2,1H3. The minimum absolute atomic E-state index is 0.445. The van der Waals surface area contributed by atoms with Crippen LogP contribution < -0.4 is 5.32 Å². The topological polar surface area (TPSA) is 30.5 Å². The first-order valence-electron chi connectivity index (χ1n) is 6.81. The second kappa shape index (κ2) is 6.58. The Kier molecular flexibility index (Phi) is 5.07. The molecule has 2 rings (SSSR count). The Morgan fingerprint density at radius 2 is 1.81 bits per heavy atom. The summed E-state index contributed by atoms with van der Waals surface area (Å²) in [6.45, 7) is 5.17. The Hall–Kier alpha value is -0.120. The molecule has 0 bridgehead atoms. The largest absolute Gasteiger partial charge is 0.378 e. The second-order valence-corrected chi connectivity index (χ2v) is 5.17. The minimum atomic E-state index is 0.445. The fraction of sp³-hybridized carbons (Fsp3) is 1.00. The van der Waals surface area contributed by atoms with Crippen molar-refractivity contribution < 1.29 is 9.47 Å². The van der Waals surface area contributed by atoms with Crippen molar-refractivity contribution in [2.75, 3.05) is 19.8 Å². The molecular formula is C13H25NO2. The Morgan fingerprint density at radius 1 is 1.06 bits per heavy atom. The molecule has 0 aromatic rings. The Labute approximate surface area is 98.9 Å². The molecule has 0 aliphatic carbocycles. The van der Waals surface area contributed by atoms with Gasteiger partial charge in [-0.1, -0.05) is 0 Å². The highest BCUT2D eigenvalue weighted by Crippen LogP contribution is 2.17. The van der Waals surface area contributed by atoms with E-state index in [1.165, 1.54) is 32.1 Å². The van der Waals surface area contributed by atoms with Gasteiger partial charge in [-0.05, 0) is 45.4 Å². The number of rotatable bonds is 5. The Bertz CT molecular complexity index is 186. The lowest BCUT2D eigenvalue weighted by Crippen LogP contribution is -2.38. The summed E-state index contributed by atoms with van der Waals surface area (Å²) in [6.07, 6.45) is 8.35. The Morgan fingerprint density at radius 3 is 2.50 bits per heavy atom. The zero-order valence-electron chi connectivity index (χ0n) is 10.4. The predicted octanol–water partition coefficient (Wildman–Crippen LogP) is 2.10. The van der Waals surface area contributed by atoms with Gasteiger partial charge in [0.2, 0.25) is 0 Å². The van der Waals surface area contributed by atoms with Crippen LogP contribution >= 0.6 is 0 Å². The molecule has 2 heterocycles. The first-order valence-corrected chi connectivity index (χ1v) is 6.81. The number of nitrogens with one attached hydrogen (secondary N) is 1. The van der Waals surface area contributed by atoms with E-state index in [-0.39, 0.29) is 0 Å². The third-order valence-corrected chi connectivity index (χ3v) is 3.61. The molecule has 16 heavy (non-hydrogen) atoms. The van der Waals surface area contributed by atoms with Crippen LogP contribution in [0.1, 0.15) is 45.4 Å². The van der Waals surface area contributed by atoms with Gasteiger partial charge in [0.15, 0.2) is 0 Å². The van der Waals surface area contributed by atoms with Crippen molar-refractivity contribution in [3.05, 3.63) is 0 Å². The maximum atomic E-state index is 5.70. The molecule has 3 unspecified atom stereocenters. The zero-order chi connectivity index (χ0) is 11.2. The molecule has 2 fully saturated rings. The van der Waals surface area contributed by atoms with Crippen molar-refractivity contribution in [3.63, 3.8) is 0 Å². The first-order chi connectivity index (χ1) is 7.84. The van der Waals surface area contributed by atoms with E-state index in [1.54, 1.807) is 0 Å². The van der Waals surface area contributed by atoms with Gasteiger partial charge in [0, 0.05) is 25.8 Å². The van der Waals surface area contributed by atoms with Crippen molar-refractivity contribution in [1.29, 1.82) is 0 Å². The van der Waals surface area contributed by atoms with E-state index in [0.717, 1.165) is 26.2 Å².